The van der Waals surface area contributed by atoms with Gasteiger partial charge in [0.05, 0.1) is 0 Å². The van der Waals surface area contributed by atoms with E-state index in [1.54, 1.807) is 13.8 Å². The lowest BCUT2D eigenvalue weighted by Gasteiger charge is -2.37. The van der Waals surface area contributed by atoms with Gasteiger partial charge in [-0.1, -0.05) is 0 Å². The second-order valence-electron chi connectivity index (χ2n) is 3.56. The fraction of sp³-hybridized carbons (Fsp3) is 1.00. The van der Waals surface area contributed by atoms with E-state index in [0.717, 1.165) is 0 Å². The lowest BCUT2D eigenvalue weighted by Crippen LogP contribution is -2.48. The van der Waals surface area contributed by atoms with Gasteiger partial charge in [0.2, 0.25) is 0 Å². The summed E-state index contributed by atoms with van der Waals surface area (Å²) in [7, 11) is 0. The summed E-state index contributed by atoms with van der Waals surface area (Å²) in [5, 5.41) is 0. The second-order valence-corrected chi connectivity index (χ2v) is 3.56. The molecule has 0 aliphatic rings. The third-order valence-corrected chi connectivity index (χ3v) is 2.00. The van der Waals surface area contributed by atoms with Gasteiger partial charge in [-0.25, -0.2) is 0 Å². The van der Waals surface area contributed by atoms with E-state index in [-0.39, 0.29) is 0 Å². The Morgan fingerprint density at radius 2 is 0.824 bits per heavy atom. The van der Waals surface area contributed by atoms with Gasteiger partial charge in [0.15, 0.2) is 0 Å². The highest BCUT2D eigenvalue weighted by Crippen LogP contribution is 2.25. The van der Waals surface area contributed by atoms with E-state index in [9.17, 15) is 0 Å². The standard InChI is InChI=1S/C12H26O5/c1-7-13-11(5,14-8-2)17-12(6,15-9-3)16-10-4/h7-10H2,1-6H3. The second kappa shape index (κ2) is 8.00. The van der Waals surface area contributed by atoms with Crippen molar-refractivity contribution in [2.75, 3.05) is 26.4 Å². The average Bonchev–Trinajstić information content (AvgIpc) is 2.17. The topological polar surface area (TPSA) is 46.2 Å². The molecule has 0 N–H and O–H groups in total. The molecule has 0 heterocycles. The van der Waals surface area contributed by atoms with E-state index in [1.165, 1.54) is 0 Å². The van der Waals surface area contributed by atoms with Crippen LogP contribution in [0.4, 0.5) is 0 Å². The lowest BCUT2D eigenvalue weighted by atomic mass is 10.5. The molecule has 0 saturated heterocycles. The van der Waals surface area contributed by atoms with Crippen LogP contribution >= 0.6 is 0 Å². The lowest BCUT2D eigenvalue weighted by molar-refractivity contribution is -0.490. The SMILES string of the molecule is CCOC(C)(OCC)OC(C)(OCC)OCC. The molecule has 17 heavy (non-hydrogen) atoms. The van der Waals surface area contributed by atoms with Crippen LogP contribution in [-0.2, 0) is 23.7 Å². The van der Waals surface area contributed by atoms with E-state index < -0.39 is 11.9 Å². The fourth-order valence-electron chi connectivity index (χ4n) is 1.59. The van der Waals surface area contributed by atoms with Gasteiger partial charge in [-0.15, -0.1) is 0 Å². The highest BCUT2D eigenvalue weighted by atomic mass is 17.0. The largest absolute Gasteiger partial charge is 0.328 e. The first-order valence-corrected chi connectivity index (χ1v) is 6.21. The van der Waals surface area contributed by atoms with Gasteiger partial charge in [0.1, 0.15) is 0 Å². The van der Waals surface area contributed by atoms with Crippen molar-refractivity contribution in [2.24, 2.45) is 0 Å². The van der Waals surface area contributed by atoms with Crippen LogP contribution < -0.4 is 0 Å². The molecule has 0 amide bonds. The quantitative estimate of drug-likeness (QED) is 0.557. The van der Waals surface area contributed by atoms with Crippen LogP contribution in [0.2, 0.25) is 0 Å². The van der Waals surface area contributed by atoms with E-state index in [0.29, 0.717) is 26.4 Å². The first-order valence-electron chi connectivity index (χ1n) is 6.21. The van der Waals surface area contributed by atoms with Crippen LogP contribution in [0, 0.1) is 0 Å². The predicted molar refractivity (Wildman–Crippen MR) is 64.4 cm³/mol. The molecule has 0 aliphatic heterocycles. The molecule has 0 aromatic rings. The number of hydrogen-bond donors (Lipinski definition) is 0. The Hall–Kier alpha value is -0.200. The van der Waals surface area contributed by atoms with Gasteiger partial charge in [-0.3, -0.25) is 4.74 Å². The molecule has 0 atom stereocenters. The third-order valence-electron chi connectivity index (χ3n) is 2.00. The molecule has 0 bridgehead atoms. The maximum Gasteiger partial charge on any atom is 0.284 e. The van der Waals surface area contributed by atoms with Gasteiger partial charge in [0, 0.05) is 40.3 Å². The zero-order valence-corrected chi connectivity index (χ0v) is 11.9. The normalized spacial score (nSPS) is 13.1. The summed E-state index contributed by atoms with van der Waals surface area (Å²) >= 11 is 0. The van der Waals surface area contributed by atoms with E-state index >= 15 is 0 Å². The van der Waals surface area contributed by atoms with Crippen molar-refractivity contribution in [2.45, 2.75) is 53.5 Å². The maximum absolute atomic E-state index is 5.70. The Bertz CT molecular complexity index is 163. The Kier molecular flexibility index (Phi) is 7.91. The molecule has 0 aromatic heterocycles. The molecular weight excluding hydrogens is 224 g/mol. The molecule has 5 nitrogen and oxygen atoms in total. The first-order chi connectivity index (χ1) is 7.95. The number of ether oxygens (including phenoxy) is 5. The van der Waals surface area contributed by atoms with Crippen molar-refractivity contribution in [1.82, 2.24) is 0 Å². The first kappa shape index (κ1) is 16.8. The Labute approximate surface area is 104 Å². The fourth-order valence-corrected chi connectivity index (χ4v) is 1.59. The summed E-state index contributed by atoms with van der Waals surface area (Å²) in [5.41, 5.74) is 0. The molecule has 0 radical (unpaired) electrons. The molecule has 0 saturated carbocycles. The average molecular weight is 250 g/mol. The minimum Gasteiger partial charge on any atom is -0.328 e. The minimum atomic E-state index is -1.16. The van der Waals surface area contributed by atoms with Crippen LogP contribution in [-0.4, -0.2) is 38.4 Å². The third kappa shape index (κ3) is 6.33. The molecule has 104 valence electrons. The van der Waals surface area contributed by atoms with Crippen molar-refractivity contribution < 1.29 is 23.7 Å². The Morgan fingerprint density at radius 1 is 0.588 bits per heavy atom. The smallest absolute Gasteiger partial charge is 0.284 e. The van der Waals surface area contributed by atoms with Gasteiger partial charge in [-0.2, -0.15) is 0 Å². The summed E-state index contributed by atoms with van der Waals surface area (Å²) in [5.74, 6) is -2.33. The van der Waals surface area contributed by atoms with Crippen LogP contribution in [0.5, 0.6) is 0 Å². The van der Waals surface area contributed by atoms with Crippen LogP contribution in [0.1, 0.15) is 41.5 Å². The molecule has 0 unspecified atom stereocenters. The van der Waals surface area contributed by atoms with Crippen molar-refractivity contribution in [1.29, 1.82) is 0 Å². The van der Waals surface area contributed by atoms with Crippen LogP contribution in [0.3, 0.4) is 0 Å². The molecule has 5 heteroatoms. The summed E-state index contributed by atoms with van der Waals surface area (Å²) in [6.45, 7) is 12.8. The summed E-state index contributed by atoms with van der Waals surface area (Å²) in [6, 6.07) is 0. The molecule has 0 fully saturated rings. The molecule has 0 aliphatic carbocycles. The van der Waals surface area contributed by atoms with Crippen LogP contribution in [0.25, 0.3) is 0 Å². The molecule has 0 aromatic carbocycles. The van der Waals surface area contributed by atoms with Gasteiger partial charge in [0.25, 0.3) is 11.9 Å². The predicted octanol–water partition coefficient (Wildman–Crippen LogP) is 2.50. The molecule has 0 spiro atoms. The zero-order chi connectivity index (χ0) is 13.4. The van der Waals surface area contributed by atoms with Crippen molar-refractivity contribution in [3.8, 4) is 0 Å². The number of rotatable bonds is 10. The highest BCUT2D eigenvalue weighted by molar-refractivity contribution is 4.55. The van der Waals surface area contributed by atoms with Crippen molar-refractivity contribution in [3.63, 3.8) is 0 Å². The van der Waals surface area contributed by atoms with Gasteiger partial charge in [-0.05, 0) is 27.7 Å². The van der Waals surface area contributed by atoms with E-state index in [1.807, 2.05) is 27.7 Å². The molecular formula is C12H26O5. The van der Waals surface area contributed by atoms with Gasteiger partial charge < -0.3 is 18.9 Å². The van der Waals surface area contributed by atoms with Gasteiger partial charge >= 0.3 is 0 Å². The van der Waals surface area contributed by atoms with E-state index in [4.69, 9.17) is 23.7 Å². The zero-order valence-electron chi connectivity index (χ0n) is 11.9. The monoisotopic (exact) mass is 250 g/mol. The summed E-state index contributed by atoms with van der Waals surface area (Å²) in [4.78, 5) is 0. The molecule has 0 rings (SSSR count). The Morgan fingerprint density at radius 3 is 1.00 bits per heavy atom. The summed E-state index contributed by atoms with van der Waals surface area (Å²) in [6.07, 6.45) is 0. The maximum atomic E-state index is 5.70. The highest BCUT2D eigenvalue weighted by Gasteiger charge is 2.39. The van der Waals surface area contributed by atoms with E-state index in [2.05, 4.69) is 0 Å². The summed E-state index contributed by atoms with van der Waals surface area (Å²) < 4.78 is 27.5. The number of hydrogen-bond acceptors (Lipinski definition) is 5. The minimum absolute atomic E-state index is 0.477. The van der Waals surface area contributed by atoms with Crippen molar-refractivity contribution >= 4 is 0 Å². The van der Waals surface area contributed by atoms with Crippen molar-refractivity contribution in [3.05, 3.63) is 0 Å². The van der Waals surface area contributed by atoms with Crippen LogP contribution in [0.15, 0.2) is 0 Å². The Balaban J connectivity index is 4.65.